The van der Waals surface area contributed by atoms with E-state index in [1.54, 1.807) is 0 Å². The fourth-order valence-electron chi connectivity index (χ4n) is 3.49. The van der Waals surface area contributed by atoms with E-state index in [1.807, 2.05) is 48.3 Å². The van der Waals surface area contributed by atoms with Crippen molar-refractivity contribution in [1.82, 2.24) is 14.7 Å². The van der Waals surface area contributed by atoms with E-state index < -0.39 is 0 Å². The summed E-state index contributed by atoms with van der Waals surface area (Å²) in [6, 6.07) is 7.51. The van der Waals surface area contributed by atoms with E-state index in [2.05, 4.69) is 10.00 Å². The van der Waals surface area contributed by atoms with Crippen molar-refractivity contribution in [2.24, 2.45) is 5.92 Å². The Morgan fingerprint density at radius 2 is 2.25 bits per heavy atom. The molecule has 1 aromatic heterocycles. The number of aromatic nitrogens is 2. The summed E-state index contributed by atoms with van der Waals surface area (Å²) in [7, 11) is 0. The third-order valence-electron chi connectivity index (χ3n) is 4.75. The molecule has 1 fully saturated rings. The first kappa shape index (κ1) is 17.2. The largest absolute Gasteiger partial charge is 0.303 e. The molecule has 0 aliphatic carbocycles. The van der Waals surface area contributed by atoms with Crippen LogP contribution >= 0.6 is 11.6 Å². The molecule has 24 heavy (non-hydrogen) atoms. The molecular weight excluding hydrogens is 322 g/mol. The molecular formula is C19H24ClN3O. The number of likely N-dealkylation sites (tertiary alicyclic amines) is 1. The number of halogens is 1. The zero-order valence-corrected chi connectivity index (χ0v) is 14.9. The maximum atomic E-state index is 12.9. The number of rotatable bonds is 6. The van der Waals surface area contributed by atoms with Crippen LogP contribution in [0.25, 0.3) is 0 Å². The molecule has 1 saturated heterocycles. The predicted molar refractivity (Wildman–Crippen MR) is 96.5 cm³/mol. The van der Waals surface area contributed by atoms with E-state index in [-0.39, 0.29) is 11.7 Å². The quantitative estimate of drug-likeness (QED) is 0.747. The molecule has 3 rings (SSSR count). The Morgan fingerprint density at radius 3 is 3.00 bits per heavy atom. The second-order valence-corrected chi connectivity index (χ2v) is 7.02. The van der Waals surface area contributed by atoms with Crippen molar-refractivity contribution in [3.63, 3.8) is 0 Å². The Bertz CT molecular complexity index is 684. The number of ketones is 1. The van der Waals surface area contributed by atoms with Gasteiger partial charge in [-0.3, -0.25) is 9.48 Å². The van der Waals surface area contributed by atoms with Gasteiger partial charge in [0.25, 0.3) is 0 Å². The maximum absolute atomic E-state index is 12.9. The Hall–Kier alpha value is -1.65. The summed E-state index contributed by atoms with van der Waals surface area (Å²) < 4.78 is 1.96. The molecule has 0 amide bonds. The van der Waals surface area contributed by atoms with Crippen LogP contribution in [0, 0.1) is 12.8 Å². The monoisotopic (exact) mass is 345 g/mol. The molecule has 0 radical (unpaired) electrons. The number of benzene rings is 1. The zero-order valence-electron chi connectivity index (χ0n) is 14.1. The average Bonchev–Trinajstić information content (AvgIpc) is 3.08. The zero-order chi connectivity index (χ0) is 16.9. The topological polar surface area (TPSA) is 38.1 Å². The molecule has 1 aromatic carbocycles. The van der Waals surface area contributed by atoms with Crippen LogP contribution in [0.1, 0.15) is 35.2 Å². The second kappa shape index (κ2) is 7.95. The summed E-state index contributed by atoms with van der Waals surface area (Å²) in [5, 5.41) is 4.92. The van der Waals surface area contributed by atoms with E-state index in [0.717, 1.165) is 56.6 Å². The number of piperidine rings is 1. The number of nitrogens with zero attached hydrogens (tertiary/aromatic N) is 3. The smallest absolute Gasteiger partial charge is 0.167 e. The second-order valence-electron chi connectivity index (χ2n) is 6.59. The number of aryl methyl sites for hydroxylation is 2. The van der Waals surface area contributed by atoms with E-state index in [0.29, 0.717) is 5.02 Å². The third kappa shape index (κ3) is 4.25. The summed E-state index contributed by atoms with van der Waals surface area (Å²) in [6.07, 6.45) is 6.93. The van der Waals surface area contributed by atoms with Gasteiger partial charge in [-0.15, -0.1) is 0 Å². The van der Waals surface area contributed by atoms with Crippen molar-refractivity contribution in [3.8, 4) is 0 Å². The predicted octanol–water partition coefficient (Wildman–Crippen LogP) is 3.83. The number of hydrogen-bond donors (Lipinski definition) is 0. The molecule has 4 nitrogen and oxygen atoms in total. The number of Topliss-reactive ketones (excluding diaryl/α,β-unsaturated/α-hetero) is 1. The summed E-state index contributed by atoms with van der Waals surface area (Å²) in [5.41, 5.74) is 1.80. The average molecular weight is 346 g/mol. The fourth-order valence-corrected chi connectivity index (χ4v) is 3.71. The third-order valence-corrected chi connectivity index (χ3v) is 4.99. The van der Waals surface area contributed by atoms with Gasteiger partial charge in [-0.05, 0) is 69.1 Å². The highest BCUT2D eigenvalue weighted by Crippen LogP contribution is 2.24. The highest BCUT2D eigenvalue weighted by atomic mass is 35.5. The van der Waals surface area contributed by atoms with Crippen LogP contribution in [0.3, 0.4) is 0 Å². The lowest BCUT2D eigenvalue weighted by molar-refractivity contribution is 0.0816. The van der Waals surface area contributed by atoms with Gasteiger partial charge in [0, 0.05) is 42.0 Å². The highest BCUT2D eigenvalue weighted by Gasteiger charge is 2.27. The summed E-state index contributed by atoms with van der Waals surface area (Å²) >= 11 is 6.00. The minimum atomic E-state index is 0.100. The van der Waals surface area contributed by atoms with Gasteiger partial charge in [-0.1, -0.05) is 11.6 Å². The van der Waals surface area contributed by atoms with Gasteiger partial charge in [0.05, 0.1) is 0 Å². The van der Waals surface area contributed by atoms with Crippen LogP contribution in [0.15, 0.2) is 36.7 Å². The molecule has 0 saturated carbocycles. The Morgan fingerprint density at radius 1 is 1.38 bits per heavy atom. The Balaban J connectivity index is 1.55. The van der Waals surface area contributed by atoms with Crippen LogP contribution in [-0.4, -0.2) is 40.1 Å². The van der Waals surface area contributed by atoms with Crippen molar-refractivity contribution < 1.29 is 4.79 Å². The molecule has 2 heterocycles. The van der Waals surface area contributed by atoms with Crippen molar-refractivity contribution in [2.45, 2.75) is 32.7 Å². The molecule has 0 bridgehead atoms. The molecule has 0 N–H and O–H groups in total. The van der Waals surface area contributed by atoms with Crippen molar-refractivity contribution in [1.29, 1.82) is 0 Å². The molecule has 2 aromatic rings. The van der Waals surface area contributed by atoms with Crippen molar-refractivity contribution >= 4 is 17.4 Å². The molecule has 1 atom stereocenters. The van der Waals surface area contributed by atoms with Gasteiger partial charge in [0.1, 0.15) is 0 Å². The lowest BCUT2D eigenvalue weighted by Crippen LogP contribution is -2.39. The number of carbonyl (C=O) groups is 1. The van der Waals surface area contributed by atoms with Crippen LogP contribution in [0.4, 0.5) is 0 Å². The maximum Gasteiger partial charge on any atom is 0.167 e. The van der Waals surface area contributed by atoms with Gasteiger partial charge in [-0.2, -0.15) is 5.10 Å². The minimum absolute atomic E-state index is 0.100. The Kier molecular flexibility index (Phi) is 5.69. The first-order valence-electron chi connectivity index (χ1n) is 8.63. The molecule has 0 spiro atoms. The van der Waals surface area contributed by atoms with Crippen molar-refractivity contribution in [3.05, 3.63) is 52.8 Å². The van der Waals surface area contributed by atoms with Crippen LogP contribution in [-0.2, 0) is 6.54 Å². The normalized spacial score (nSPS) is 18.7. The highest BCUT2D eigenvalue weighted by molar-refractivity contribution is 6.30. The van der Waals surface area contributed by atoms with Crippen molar-refractivity contribution in [2.75, 3.05) is 19.6 Å². The first-order chi connectivity index (χ1) is 11.6. The minimum Gasteiger partial charge on any atom is -0.303 e. The van der Waals surface area contributed by atoms with Crippen LogP contribution in [0.2, 0.25) is 5.02 Å². The summed E-state index contributed by atoms with van der Waals surface area (Å²) in [6.45, 7) is 5.86. The van der Waals surface area contributed by atoms with Gasteiger partial charge in [0.15, 0.2) is 5.78 Å². The van der Waals surface area contributed by atoms with Gasteiger partial charge in [0.2, 0.25) is 0 Å². The summed E-state index contributed by atoms with van der Waals surface area (Å²) in [4.78, 5) is 15.3. The van der Waals surface area contributed by atoms with Gasteiger partial charge < -0.3 is 4.90 Å². The molecule has 5 heteroatoms. The first-order valence-corrected chi connectivity index (χ1v) is 9.01. The standard InChI is InChI=1S/C19H24ClN3O/c1-15-13-17(20)6-7-18(15)19(24)16-5-2-9-22(14-16)10-4-12-23-11-3-8-21-23/h3,6-8,11,13,16H,2,4-5,9-10,12,14H2,1H3/t16-/m0/s1. The summed E-state index contributed by atoms with van der Waals surface area (Å²) in [5.74, 6) is 0.365. The molecule has 1 aliphatic rings. The fraction of sp³-hybridized carbons (Fsp3) is 0.474. The van der Waals surface area contributed by atoms with E-state index in [1.165, 1.54) is 0 Å². The van der Waals surface area contributed by atoms with E-state index >= 15 is 0 Å². The molecule has 128 valence electrons. The van der Waals surface area contributed by atoms with Crippen LogP contribution < -0.4 is 0 Å². The SMILES string of the molecule is Cc1cc(Cl)ccc1C(=O)[C@H]1CCCN(CCCn2cccn2)C1. The van der Waals surface area contributed by atoms with Gasteiger partial charge >= 0.3 is 0 Å². The Labute approximate surface area is 148 Å². The lowest BCUT2D eigenvalue weighted by Gasteiger charge is -2.32. The van der Waals surface area contributed by atoms with Gasteiger partial charge in [-0.25, -0.2) is 0 Å². The van der Waals surface area contributed by atoms with Crippen LogP contribution in [0.5, 0.6) is 0 Å². The number of carbonyl (C=O) groups excluding carboxylic acids is 1. The van der Waals surface area contributed by atoms with E-state index in [9.17, 15) is 4.79 Å². The molecule has 1 aliphatic heterocycles. The molecule has 0 unspecified atom stereocenters. The number of hydrogen-bond acceptors (Lipinski definition) is 3. The van der Waals surface area contributed by atoms with E-state index in [4.69, 9.17) is 11.6 Å². The lowest BCUT2D eigenvalue weighted by atomic mass is 9.88.